The number of piperidine rings is 1. The Balaban J connectivity index is 1.92. The maximum Gasteiger partial charge on any atom is 0.232 e. The Bertz CT molecular complexity index is 508. The second kappa shape index (κ2) is 7.88. The van der Waals surface area contributed by atoms with Crippen LogP contribution in [0.15, 0.2) is 24.3 Å². The summed E-state index contributed by atoms with van der Waals surface area (Å²) in [6.07, 6.45) is 2.81. The van der Waals surface area contributed by atoms with Crippen molar-refractivity contribution in [2.24, 2.45) is 5.73 Å². The molecular weight excluding hydrogens is 295 g/mol. The van der Waals surface area contributed by atoms with Crippen LogP contribution in [0, 0.1) is 5.82 Å². The highest BCUT2D eigenvalue weighted by Crippen LogP contribution is 2.28. The van der Waals surface area contributed by atoms with Crippen LogP contribution in [0.1, 0.15) is 38.7 Å². The van der Waals surface area contributed by atoms with Crippen molar-refractivity contribution in [1.29, 1.82) is 0 Å². The van der Waals surface area contributed by atoms with Crippen molar-refractivity contribution < 1.29 is 13.9 Å². The third kappa shape index (κ3) is 4.52. The highest BCUT2D eigenvalue weighted by molar-refractivity contribution is 5.87. The fourth-order valence-corrected chi connectivity index (χ4v) is 2.94. The number of carbonyl (C=O) groups excluding carboxylic acids is 1. The molecule has 1 aromatic rings. The molecule has 0 unspecified atom stereocenters. The number of nitrogens with zero attached hydrogens (tertiary/aromatic N) is 1. The van der Waals surface area contributed by atoms with E-state index >= 15 is 0 Å². The van der Waals surface area contributed by atoms with Crippen molar-refractivity contribution in [2.45, 2.75) is 44.6 Å². The summed E-state index contributed by atoms with van der Waals surface area (Å²) in [5, 5.41) is 0. The highest BCUT2D eigenvalue weighted by atomic mass is 19.1. The molecule has 23 heavy (non-hydrogen) atoms. The molecule has 2 rings (SSSR count). The fraction of sp³-hybridized carbons (Fsp3) is 0.611. The quantitative estimate of drug-likeness (QED) is 0.819. The van der Waals surface area contributed by atoms with E-state index in [1.165, 1.54) is 12.1 Å². The number of rotatable bonds is 6. The molecule has 128 valence electrons. The van der Waals surface area contributed by atoms with E-state index in [1.807, 2.05) is 18.7 Å². The molecule has 0 atom stereocenters. The number of hydrogen-bond donors (Lipinski definition) is 1. The summed E-state index contributed by atoms with van der Waals surface area (Å²) < 4.78 is 18.9. The highest BCUT2D eigenvalue weighted by Gasteiger charge is 2.35. The maximum atomic E-state index is 13.1. The first-order valence-corrected chi connectivity index (χ1v) is 8.32. The van der Waals surface area contributed by atoms with Crippen LogP contribution in [0.25, 0.3) is 0 Å². The van der Waals surface area contributed by atoms with Gasteiger partial charge in [-0.2, -0.15) is 0 Å². The molecule has 1 fully saturated rings. The lowest BCUT2D eigenvalue weighted by Crippen LogP contribution is -2.48. The molecule has 2 N–H and O–H groups in total. The van der Waals surface area contributed by atoms with E-state index in [0.29, 0.717) is 26.2 Å². The van der Waals surface area contributed by atoms with Crippen LogP contribution in [0.5, 0.6) is 0 Å². The van der Waals surface area contributed by atoms with Gasteiger partial charge in [-0.1, -0.05) is 12.1 Å². The van der Waals surface area contributed by atoms with E-state index in [2.05, 4.69) is 0 Å². The molecule has 4 nitrogen and oxygen atoms in total. The van der Waals surface area contributed by atoms with Crippen molar-refractivity contribution in [3.05, 3.63) is 35.6 Å². The summed E-state index contributed by atoms with van der Waals surface area (Å²) in [7, 11) is 0. The molecule has 5 heteroatoms. The summed E-state index contributed by atoms with van der Waals surface area (Å²) >= 11 is 0. The Morgan fingerprint density at radius 3 is 2.48 bits per heavy atom. The lowest BCUT2D eigenvalue weighted by atomic mass is 9.82. The SMILES string of the molecule is CC(C)(C(=O)N1CCC(OCCCN)CC1)c1ccc(F)cc1. The second-order valence-electron chi connectivity index (χ2n) is 6.64. The predicted octanol–water partition coefficient (Wildman–Crippen LogP) is 2.46. The van der Waals surface area contributed by atoms with Crippen molar-refractivity contribution in [2.75, 3.05) is 26.2 Å². The first kappa shape index (κ1) is 17.9. The van der Waals surface area contributed by atoms with Gasteiger partial charge in [-0.05, 0) is 57.4 Å². The molecule has 0 saturated carbocycles. The number of carbonyl (C=O) groups is 1. The molecule has 1 aromatic carbocycles. The number of likely N-dealkylation sites (tertiary alicyclic amines) is 1. The number of benzene rings is 1. The van der Waals surface area contributed by atoms with E-state index in [9.17, 15) is 9.18 Å². The van der Waals surface area contributed by atoms with E-state index in [4.69, 9.17) is 10.5 Å². The van der Waals surface area contributed by atoms with E-state index < -0.39 is 5.41 Å². The number of halogens is 1. The molecular formula is C18H27FN2O2. The second-order valence-corrected chi connectivity index (χ2v) is 6.64. The Morgan fingerprint density at radius 1 is 1.30 bits per heavy atom. The summed E-state index contributed by atoms with van der Waals surface area (Å²) in [5.41, 5.74) is 5.65. The number of amides is 1. The molecule has 0 bridgehead atoms. The van der Waals surface area contributed by atoms with Crippen LogP contribution in [0.3, 0.4) is 0 Å². The van der Waals surface area contributed by atoms with Gasteiger partial charge in [-0.15, -0.1) is 0 Å². The first-order valence-electron chi connectivity index (χ1n) is 8.32. The topological polar surface area (TPSA) is 55.6 Å². The van der Waals surface area contributed by atoms with Crippen molar-refractivity contribution in [3.63, 3.8) is 0 Å². The number of hydrogen-bond acceptors (Lipinski definition) is 3. The third-order valence-electron chi connectivity index (χ3n) is 4.53. The Kier molecular flexibility index (Phi) is 6.13. The Morgan fingerprint density at radius 2 is 1.91 bits per heavy atom. The van der Waals surface area contributed by atoms with Crippen LogP contribution >= 0.6 is 0 Å². The van der Waals surface area contributed by atoms with E-state index in [0.717, 1.165) is 24.8 Å². The Labute approximate surface area is 137 Å². The normalized spacial score (nSPS) is 16.6. The van der Waals surface area contributed by atoms with Crippen LogP contribution in [0.2, 0.25) is 0 Å². The third-order valence-corrected chi connectivity index (χ3v) is 4.53. The molecule has 0 spiro atoms. The van der Waals surface area contributed by atoms with Crippen molar-refractivity contribution >= 4 is 5.91 Å². The maximum absolute atomic E-state index is 13.1. The van der Waals surface area contributed by atoms with Gasteiger partial charge in [0.1, 0.15) is 5.82 Å². The van der Waals surface area contributed by atoms with Gasteiger partial charge in [0.2, 0.25) is 5.91 Å². The van der Waals surface area contributed by atoms with Crippen LogP contribution in [-0.2, 0) is 14.9 Å². The summed E-state index contributed by atoms with van der Waals surface area (Å²) in [4.78, 5) is 14.7. The lowest BCUT2D eigenvalue weighted by Gasteiger charge is -2.37. The van der Waals surface area contributed by atoms with Crippen molar-refractivity contribution in [3.8, 4) is 0 Å². The summed E-state index contributed by atoms with van der Waals surface area (Å²) in [6, 6.07) is 6.19. The predicted molar refractivity (Wildman–Crippen MR) is 88.7 cm³/mol. The smallest absolute Gasteiger partial charge is 0.232 e. The van der Waals surface area contributed by atoms with E-state index in [1.54, 1.807) is 12.1 Å². The van der Waals surface area contributed by atoms with Gasteiger partial charge in [0.15, 0.2) is 0 Å². The zero-order chi connectivity index (χ0) is 16.9. The van der Waals surface area contributed by atoms with Gasteiger partial charge >= 0.3 is 0 Å². The molecule has 0 aromatic heterocycles. The molecule has 1 amide bonds. The number of ether oxygens (including phenoxy) is 1. The lowest BCUT2D eigenvalue weighted by molar-refractivity contribution is -0.139. The van der Waals surface area contributed by atoms with Gasteiger partial charge in [0, 0.05) is 19.7 Å². The number of nitrogens with two attached hydrogens (primary N) is 1. The van der Waals surface area contributed by atoms with Gasteiger partial charge in [-0.3, -0.25) is 4.79 Å². The van der Waals surface area contributed by atoms with Crippen LogP contribution in [0.4, 0.5) is 4.39 Å². The monoisotopic (exact) mass is 322 g/mol. The standard InChI is InChI=1S/C18H27FN2O2/c1-18(2,14-4-6-15(19)7-5-14)17(22)21-11-8-16(9-12-21)23-13-3-10-20/h4-7,16H,3,8-13,20H2,1-2H3. The average Bonchev–Trinajstić information content (AvgIpc) is 2.55. The molecule has 1 aliphatic heterocycles. The molecule has 0 radical (unpaired) electrons. The minimum atomic E-state index is -0.652. The molecule has 1 heterocycles. The van der Waals surface area contributed by atoms with Gasteiger partial charge in [0.25, 0.3) is 0 Å². The van der Waals surface area contributed by atoms with Gasteiger partial charge in [-0.25, -0.2) is 4.39 Å². The van der Waals surface area contributed by atoms with E-state index in [-0.39, 0.29) is 17.8 Å². The largest absolute Gasteiger partial charge is 0.378 e. The zero-order valence-electron chi connectivity index (χ0n) is 14.1. The van der Waals surface area contributed by atoms with Crippen LogP contribution < -0.4 is 5.73 Å². The fourth-order valence-electron chi connectivity index (χ4n) is 2.94. The molecule has 1 saturated heterocycles. The average molecular weight is 322 g/mol. The first-order chi connectivity index (χ1) is 10.9. The molecule has 1 aliphatic rings. The van der Waals surface area contributed by atoms with Crippen molar-refractivity contribution in [1.82, 2.24) is 4.90 Å². The zero-order valence-corrected chi connectivity index (χ0v) is 14.1. The minimum Gasteiger partial charge on any atom is -0.378 e. The van der Waals surface area contributed by atoms with Crippen LogP contribution in [-0.4, -0.2) is 43.2 Å². The van der Waals surface area contributed by atoms with Gasteiger partial charge < -0.3 is 15.4 Å². The minimum absolute atomic E-state index is 0.0875. The summed E-state index contributed by atoms with van der Waals surface area (Å²) in [6.45, 7) is 6.53. The summed E-state index contributed by atoms with van der Waals surface area (Å²) in [5.74, 6) is -0.197. The molecule has 0 aliphatic carbocycles. The van der Waals surface area contributed by atoms with Gasteiger partial charge in [0.05, 0.1) is 11.5 Å². The Hall–Kier alpha value is -1.46.